The molecular formula is C10H16N2O4S2. The number of carbonyl (C=O) groups is 1. The lowest BCUT2D eigenvalue weighted by Crippen LogP contribution is -2.33. The van der Waals surface area contributed by atoms with Crippen LogP contribution in [0, 0.1) is 19.8 Å². The molecule has 102 valence electrons. The van der Waals surface area contributed by atoms with Crippen LogP contribution >= 0.6 is 11.3 Å². The zero-order valence-electron chi connectivity index (χ0n) is 10.7. The average molecular weight is 292 g/mol. The van der Waals surface area contributed by atoms with Gasteiger partial charge in [0, 0.05) is 13.6 Å². The van der Waals surface area contributed by atoms with Gasteiger partial charge in [-0.25, -0.2) is 13.4 Å². The Balaban J connectivity index is 3.00. The van der Waals surface area contributed by atoms with Crippen LogP contribution in [0.2, 0.25) is 0 Å². The number of carboxylic acid groups (broad SMARTS) is 1. The van der Waals surface area contributed by atoms with Crippen LogP contribution in [0.25, 0.3) is 0 Å². The third kappa shape index (κ3) is 3.06. The fourth-order valence-corrected chi connectivity index (χ4v) is 4.39. The Bertz CT molecular complexity index is 550. The molecule has 1 atom stereocenters. The number of hydrogen-bond acceptors (Lipinski definition) is 5. The van der Waals surface area contributed by atoms with Crippen LogP contribution in [0.15, 0.2) is 4.21 Å². The lowest BCUT2D eigenvalue weighted by molar-refractivity contribution is -0.141. The van der Waals surface area contributed by atoms with E-state index in [0.717, 1.165) is 15.6 Å². The Labute approximate surface area is 110 Å². The van der Waals surface area contributed by atoms with E-state index in [1.54, 1.807) is 13.8 Å². The quantitative estimate of drug-likeness (QED) is 0.878. The number of hydrogen-bond donors (Lipinski definition) is 1. The van der Waals surface area contributed by atoms with Crippen LogP contribution in [0.5, 0.6) is 0 Å². The molecule has 0 aliphatic carbocycles. The van der Waals surface area contributed by atoms with Crippen molar-refractivity contribution in [2.24, 2.45) is 5.92 Å². The number of nitrogens with zero attached hydrogens (tertiary/aromatic N) is 2. The molecule has 1 N–H and O–H groups in total. The first-order chi connectivity index (χ1) is 8.16. The van der Waals surface area contributed by atoms with E-state index >= 15 is 0 Å². The summed E-state index contributed by atoms with van der Waals surface area (Å²) in [5, 5.41) is 9.47. The molecule has 8 heteroatoms. The van der Waals surface area contributed by atoms with Crippen LogP contribution in [-0.2, 0) is 14.8 Å². The van der Waals surface area contributed by atoms with E-state index in [0.29, 0.717) is 10.7 Å². The number of aliphatic carboxylic acids is 1. The zero-order chi connectivity index (χ0) is 14.1. The SMILES string of the molecule is Cc1nc(C)c(S(=O)(=O)N(C)CC(C)C(=O)O)s1. The maximum Gasteiger partial charge on any atom is 0.307 e. The van der Waals surface area contributed by atoms with Gasteiger partial charge in [0.1, 0.15) is 0 Å². The molecule has 1 heterocycles. The molecule has 0 fully saturated rings. The minimum absolute atomic E-state index is 0.0615. The van der Waals surface area contributed by atoms with E-state index in [-0.39, 0.29) is 10.8 Å². The number of aromatic nitrogens is 1. The topological polar surface area (TPSA) is 87.6 Å². The minimum atomic E-state index is -3.65. The zero-order valence-corrected chi connectivity index (χ0v) is 12.3. The van der Waals surface area contributed by atoms with Crippen molar-refractivity contribution in [3.63, 3.8) is 0 Å². The molecule has 0 amide bonds. The van der Waals surface area contributed by atoms with E-state index in [1.165, 1.54) is 14.0 Å². The number of sulfonamides is 1. The van der Waals surface area contributed by atoms with Gasteiger partial charge >= 0.3 is 5.97 Å². The van der Waals surface area contributed by atoms with Crippen LogP contribution in [0.4, 0.5) is 0 Å². The second kappa shape index (κ2) is 5.33. The maximum absolute atomic E-state index is 12.2. The number of thiazole rings is 1. The largest absolute Gasteiger partial charge is 0.481 e. The summed E-state index contributed by atoms with van der Waals surface area (Å²) in [6.07, 6.45) is 0. The molecule has 0 saturated heterocycles. The normalized spacial score (nSPS) is 13.8. The van der Waals surface area contributed by atoms with Gasteiger partial charge < -0.3 is 5.11 Å². The first kappa shape index (κ1) is 15.1. The van der Waals surface area contributed by atoms with Crippen LogP contribution in [0.3, 0.4) is 0 Å². The van der Waals surface area contributed by atoms with E-state index in [2.05, 4.69) is 4.98 Å². The standard InChI is InChI=1S/C10H16N2O4S2/c1-6(9(13)14)5-12(4)18(15,16)10-7(2)11-8(3)17-10/h6H,5H2,1-4H3,(H,13,14). The molecule has 1 aromatic rings. The third-order valence-corrected chi connectivity index (χ3v) is 5.94. The van der Waals surface area contributed by atoms with E-state index in [4.69, 9.17) is 5.11 Å². The number of carboxylic acids is 1. The lowest BCUT2D eigenvalue weighted by atomic mass is 10.2. The van der Waals surface area contributed by atoms with Crippen molar-refractivity contribution in [2.75, 3.05) is 13.6 Å². The molecule has 1 aromatic heterocycles. The highest BCUT2D eigenvalue weighted by Crippen LogP contribution is 2.25. The molecule has 0 aliphatic heterocycles. The Hall–Kier alpha value is -0.990. The molecule has 1 rings (SSSR count). The molecule has 18 heavy (non-hydrogen) atoms. The Kier molecular flexibility index (Phi) is 4.46. The van der Waals surface area contributed by atoms with Crippen LogP contribution < -0.4 is 0 Å². The van der Waals surface area contributed by atoms with Crippen molar-refractivity contribution in [1.82, 2.24) is 9.29 Å². The van der Waals surface area contributed by atoms with Crippen molar-refractivity contribution in [3.05, 3.63) is 10.7 Å². The van der Waals surface area contributed by atoms with Crippen LogP contribution in [-0.4, -0.2) is 42.4 Å². The highest BCUT2D eigenvalue weighted by atomic mass is 32.2. The Morgan fingerprint density at radius 3 is 2.44 bits per heavy atom. The molecule has 6 nitrogen and oxygen atoms in total. The maximum atomic E-state index is 12.2. The molecule has 0 aromatic carbocycles. The van der Waals surface area contributed by atoms with E-state index in [1.807, 2.05) is 0 Å². The van der Waals surface area contributed by atoms with Crippen molar-refractivity contribution in [3.8, 4) is 0 Å². The summed E-state index contributed by atoms with van der Waals surface area (Å²) in [7, 11) is -2.27. The molecule has 0 spiro atoms. The van der Waals surface area contributed by atoms with Crippen molar-refractivity contribution in [2.45, 2.75) is 25.0 Å². The summed E-state index contributed by atoms with van der Waals surface area (Å²) in [5.74, 6) is -1.77. The van der Waals surface area contributed by atoms with Gasteiger partial charge in [0.15, 0.2) is 4.21 Å². The lowest BCUT2D eigenvalue weighted by Gasteiger charge is -2.18. The number of rotatable bonds is 5. The van der Waals surface area contributed by atoms with Gasteiger partial charge in [0.2, 0.25) is 0 Å². The van der Waals surface area contributed by atoms with Gasteiger partial charge in [-0.2, -0.15) is 4.31 Å². The monoisotopic (exact) mass is 292 g/mol. The first-order valence-corrected chi connectivity index (χ1v) is 7.55. The van der Waals surface area contributed by atoms with Gasteiger partial charge in [0.25, 0.3) is 10.0 Å². The van der Waals surface area contributed by atoms with Gasteiger partial charge in [0.05, 0.1) is 16.6 Å². The summed E-state index contributed by atoms with van der Waals surface area (Å²) in [4.78, 5) is 14.8. The molecule has 1 unspecified atom stereocenters. The molecular weight excluding hydrogens is 276 g/mol. The third-order valence-electron chi connectivity index (χ3n) is 2.46. The smallest absolute Gasteiger partial charge is 0.307 e. The van der Waals surface area contributed by atoms with Crippen LogP contribution in [0.1, 0.15) is 17.6 Å². The second-order valence-corrected chi connectivity index (χ2v) is 7.57. The van der Waals surface area contributed by atoms with Gasteiger partial charge in [-0.3, -0.25) is 4.79 Å². The summed E-state index contributed by atoms with van der Waals surface area (Å²) in [6.45, 7) is 4.77. The van der Waals surface area contributed by atoms with Gasteiger partial charge in [-0.05, 0) is 13.8 Å². The van der Waals surface area contributed by atoms with Gasteiger partial charge in [-0.1, -0.05) is 6.92 Å². The van der Waals surface area contributed by atoms with Gasteiger partial charge in [-0.15, -0.1) is 11.3 Å². The minimum Gasteiger partial charge on any atom is -0.481 e. The van der Waals surface area contributed by atoms with Crippen molar-refractivity contribution < 1.29 is 18.3 Å². The van der Waals surface area contributed by atoms with E-state index in [9.17, 15) is 13.2 Å². The summed E-state index contributed by atoms with van der Waals surface area (Å²) >= 11 is 1.10. The molecule has 0 saturated carbocycles. The number of aryl methyl sites for hydroxylation is 2. The van der Waals surface area contributed by atoms with Crippen molar-refractivity contribution >= 4 is 27.3 Å². The fourth-order valence-electron chi connectivity index (χ4n) is 1.46. The summed E-state index contributed by atoms with van der Waals surface area (Å²) in [6, 6.07) is 0. The fraction of sp³-hybridized carbons (Fsp3) is 0.600. The Morgan fingerprint density at radius 2 is 2.06 bits per heavy atom. The predicted octanol–water partition coefficient (Wildman–Crippen LogP) is 1.10. The summed E-state index contributed by atoms with van der Waals surface area (Å²) < 4.78 is 25.7. The Morgan fingerprint density at radius 1 is 1.50 bits per heavy atom. The molecule has 0 radical (unpaired) electrons. The molecule has 0 aliphatic rings. The summed E-state index contributed by atoms with van der Waals surface area (Å²) in [5.41, 5.74) is 0.451. The van der Waals surface area contributed by atoms with Crippen molar-refractivity contribution in [1.29, 1.82) is 0 Å². The first-order valence-electron chi connectivity index (χ1n) is 5.29. The highest BCUT2D eigenvalue weighted by molar-refractivity contribution is 7.91. The molecule has 0 bridgehead atoms. The second-order valence-electron chi connectivity index (χ2n) is 4.13. The predicted molar refractivity (Wildman–Crippen MR) is 68.2 cm³/mol. The highest BCUT2D eigenvalue weighted by Gasteiger charge is 2.28. The van der Waals surface area contributed by atoms with E-state index < -0.39 is 21.9 Å². The average Bonchev–Trinajstić information content (AvgIpc) is 2.57.